The van der Waals surface area contributed by atoms with Gasteiger partial charge in [-0.1, -0.05) is 0 Å². The Hall–Kier alpha value is -1.36. The number of nitrogens with two attached hydrogens (primary N) is 1. The Morgan fingerprint density at radius 1 is 1.64 bits per heavy atom. The third-order valence-corrected chi connectivity index (χ3v) is 2.59. The maximum atomic E-state index is 10.5. The van der Waals surface area contributed by atoms with Gasteiger partial charge < -0.3 is 15.8 Å². The van der Waals surface area contributed by atoms with Crippen molar-refractivity contribution in [3.8, 4) is 0 Å². The van der Waals surface area contributed by atoms with Crippen LogP contribution in [0.4, 0.5) is 5.69 Å². The molecule has 0 saturated carbocycles. The number of hydrogen-bond acceptors (Lipinski definition) is 4. The Morgan fingerprint density at radius 3 is 3.00 bits per heavy atom. The normalized spacial score (nSPS) is 27.4. The van der Waals surface area contributed by atoms with Crippen molar-refractivity contribution in [1.29, 1.82) is 0 Å². The number of nitrogens with zero attached hydrogens (tertiary/aromatic N) is 2. The summed E-state index contributed by atoms with van der Waals surface area (Å²) in [5.74, 6) is 0. The van der Waals surface area contributed by atoms with Gasteiger partial charge >= 0.3 is 0 Å². The number of rotatable bonds is 2. The molecule has 0 spiro atoms. The van der Waals surface area contributed by atoms with Gasteiger partial charge in [-0.3, -0.25) is 4.68 Å². The van der Waals surface area contributed by atoms with Gasteiger partial charge in [0.25, 0.3) is 0 Å². The number of carbonyl (C=O) groups excluding carboxylic acids is 1. The predicted octanol–water partition coefficient (Wildman–Crippen LogP) is -0.0427. The lowest BCUT2D eigenvalue weighted by Crippen LogP contribution is -2.40. The summed E-state index contributed by atoms with van der Waals surface area (Å²) in [6.07, 6.45) is 6.28. The standard InChI is InChI=1S/C9H14N4O/c10-7-3-12-13(5-7)9-2-1-8(6-14)11-4-9/h3,5-6,8-9,11H,1-2,4,10H2. The Labute approximate surface area is 82.3 Å². The first kappa shape index (κ1) is 9.21. The zero-order chi connectivity index (χ0) is 9.97. The van der Waals surface area contributed by atoms with Crippen molar-refractivity contribution in [1.82, 2.24) is 15.1 Å². The minimum absolute atomic E-state index is 0.0131. The van der Waals surface area contributed by atoms with Crippen LogP contribution in [0.25, 0.3) is 0 Å². The molecule has 5 heteroatoms. The molecule has 1 aromatic rings. The molecule has 2 atom stereocenters. The molecule has 0 radical (unpaired) electrons. The van der Waals surface area contributed by atoms with Crippen molar-refractivity contribution in [2.75, 3.05) is 12.3 Å². The molecule has 2 unspecified atom stereocenters. The van der Waals surface area contributed by atoms with Crippen LogP contribution >= 0.6 is 0 Å². The van der Waals surface area contributed by atoms with Crippen molar-refractivity contribution in [3.05, 3.63) is 12.4 Å². The summed E-state index contributed by atoms with van der Waals surface area (Å²) in [7, 11) is 0. The highest BCUT2D eigenvalue weighted by Crippen LogP contribution is 2.18. The lowest BCUT2D eigenvalue weighted by Gasteiger charge is -2.26. The monoisotopic (exact) mass is 194 g/mol. The van der Waals surface area contributed by atoms with Crippen LogP contribution in [-0.4, -0.2) is 28.7 Å². The fourth-order valence-corrected chi connectivity index (χ4v) is 1.76. The number of piperidine rings is 1. The Balaban J connectivity index is 1.98. The maximum absolute atomic E-state index is 10.5. The molecule has 0 aliphatic carbocycles. The Morgan fingerprint density at radius 2 is 2.50 bits per heavy atom. The van der Waals surface area contributed by atoms with Crippen LogP contribution < -0.4 is 11.1 Å². The van der Waals surface area contributed by atoms with Gasteiger partial charge in [0.15, 0.2) is 0 Å². The largest absolute Gasteiger partial charge is 0.396 e. The number of aromatic nitrogens is 2. The minimum atomic E-state index is 0.0131. The number of aldehydes is 1. The molecule has 2 heterocycles. The molecular formula is C9H14N4O. The Kier molecular flexibility index (Phi) is 2.49. The lowest BCUT2D eigenvalue weighted by molar-refractivity contribution is -0.110. The highest BCUT2D eigenvalue weighted by molar-refractivity contribution is 5.57. The molecule has 0 bridgehead atoms. The number of anilines is 1. The summed E-state index contributed by atoms with van der Waals surface area (Å²) in [5, 5.41) is 7.31. The predicted molar refractivity (Wildman–Crippen MR) is 52.8 cm³/mol. The summed E-state index contributed by atoms with van der Waals surface area (Å²) >= 11 is 0. The highest BCUT2D eigenvalue weighted by Gasteiger charge is 2.21. The zero-order valence-corrected chi connectivity index (χ0v) is 7.89. The summed E-state index contributed by atoms with van der Waals surface area (Å²) < 4.78 is 1.86. The molecule has 3 N–H and O–H groups in total. The van der Waals surface area contributed by atoms with Gasteiger partial charge in [0.05, 0.1) is 24.0 Å². The lowest BCUT2D eigenvalue weighted by atomic mass is 10.0. The number of nitrogen functional groups attached to an aromatic ring is 1. The average molecular weight is 194 g/mol. The molecular weight excluding hydrogens is 180 g/mol. The second kappa shape index (κ2) is 3.79. The van der Waals surface area contributed by atoms with Gasteiger partial charge in [0.2, 0.25) is 0 Å². The van der Waals surface area contributed by atoms with E-state index in [-0.39, 0.29) is 6.04 Å². The first-order chi connectivity index (χ1) is 6.79. The second-order valence-corrected chi connectivity index (χ2v) is 3.64. The number of nitrogens with one attached hydrogen (secondary N) is 1. The van der Waals surface area contributed by atoms with Crippen LogP contribution in [0.15, 0.2) is 12.4 Å². The van der Waals surface area contributed by atoms with E-state index in [1.807, 2.05) is 10.9 Å². The van der Waals surface area contributed by atoms with E-state index in [2.05, 4.69) is 10.4 Å². The van der Waals surface area contributed by atoms with Crippen LogP contribution in [0.1, 0.15) is 18.9 Å². The topological polar surface area (TPSA) is 72.9 Å². The number of hydrogen-bond donors (Lipinski definition) is 2. The van der Waals surface area contributed by atoms with Crippen molar-refractivity contribution < 1.29 is 4.79 Å². The SMILES string of the molecule is Nc1cnn(C2CCC(C=O)NC2)c1. The van der Waals surface area contributed by atoms with Crippen LogP contribution in [0.2, 0.25) is 0 Å². The highest BCUT2D eigenvalue weighted by atomic mass is 16.1. The van der Waals surface area contributed by atoms with Gasteiger partial charge in [-0.25, -0.2) is 0 Å². The van der Waals surface area contributed by atoms with Gasteiger partial charge in [-0.15, -0.1) is 0 Å². The summed E-state index contributed by atoms with van der Waals surface area (Å²) in [6.45, 7) is 0.782. The van der Waals surface area contributed by atoms with E-state index in [0.29, 0.717) is 11.7 Å². The molecule has 1 aromatic heterocycles. The van der Waals surface area contributed by atoms with E-state index in [9.17, 15) is 4.79 Å². The van der Waals surface area contributed by atoms with Gasteiger partial charge in [0.1, 0.15) is 6.29 Å². The summed E-state index contributed by atoms with van der Waals surface area (Å²) in [4.78, 5) is 10.5. The first-order valence-electron chi connectivity index (χ1n) is 4.78. The number of carbonyl (C=O) groups is 1. The molecule has 76 valence electrons. The summed E-state index contributed by atoms with van der Waals surface area (Å²) in [5.41, 5.74) is 6.26. The third kappa shape index (κ3) is 1.77. The van der Waals surface area contributed by atoms with Crippen LogP contribution in [0, 0.1) is 0 Å². The molecule has 2 rings (SSSR count). The van der Waals surface area contributed by atoms with Crippen LogP contribution in [0.5, 0.6) is 0 Å². The van der Waals surface area contributed by atoms with Crippen molar-refractivity contribution in [2.24, 2.45) is 0 Å². The maximum Gasteiger partial charge on any atom is 0.136 e. The van der Waals surface area contributed by atoms with Crippen LogP contribution in [0.3, 0.4) is 0 Å². The molecule has 1 aliphatic rings. The van der Waals surface area contributed by atoms with Gasteiger partial charge in [-0.2, -0.15) is 5.10 Å². The van der Waals surface area contributed by atoms with E-state index >= 15 is 0 Å². The Bertz CT molecular complexity index is 314. The first-order valence-corrected chi connectivity index (χ1v) is 4.78. The van der Waals surface area contributed by atoms with E-state index in [4.69, 9.17) is 5.73 Å². The summed E-state index contributed by atoms with van der Waals surface area (Å²) in [6, 6.07) is 0.336. The van der Waals surface area contributed by atoms with Crippen LogP contribution in [-0.2, 0) is 4.79 Å². The second-order valence-electron chi connectivity index (χ2n) is 3.64. The fraction of sp³-hybridized carbons (Fsp3) is 0.556. The molecule has 1 aliphatic heterocycles. The molecule has 1 saturated heterocycles. The molecule has 14 heavy (non-hydrogen) atoms. The fourth-order valence-electron chi connectivity index (χ4n) is 1.76. The quantitative estimate of drug-likeness (QED) is 0.648. The van der Waals surface area contributed by atoms with Crippen molar-refractivity contribution >= 4 is 12.0 Å². The smallest absolute Gasteiger partial charge is 0.136 e. The van der Waals surface area contributed by atoms with E-state index in [1.165, 1.54) is 0 Å². The molecule has 1 fully saturated rings. The van der Waals surface area contributed by atoms with Gasteiger partial charge in [0, 0.05) is 12.7 Å². The molecule has 0 aromatic carbocycles. The average Bonchev–Trinajstić information content (AvgIpc) is 2.65. The zero-order valence-electron chi connectivity index (χ0n) is 7.89. The third-order valence-electron chi connectivity index (χ3n) is 2.59. The molecule has 0 amide bonds. The van der Waals surface area contributed by atoms with E-state index in [1.54, 1.807) is 6.20 Å². The minimum Gasteiger partial charge on any atom is -0.396 e. The van der Waals surface area contributed by atoms with Gasteiger partial charge in [-0.05, 0) is 12.8 Å². The van der Waals surface area contributed by atoms with E-state index in [0.717, 1.165) is 25.7 Å². The van der Waals surface area contributed by atoms with Crippen molar-refractivity contribution in [3.63, 3.8) is 0 Å². The molecule has 5 nitrogen and oxygen atoms in total. The van der Waals surface area contributed by atoms with E-state index < -0.39 is 0 Å². The van der Waals surface area contributed by atoms with Crippen molar-refractivity contribution in [2.45, 2.75) is 24.9 Å².